The van der Waals surface area contributed by atoms with Gasteiger partial charge in [0.15, 0.2) is 0 Å². The van der Waals surface area contributed by atoms with Crippen molar-refractivity contribution in [1.82, 2.24) is 4.90 Å². The molecule has 1 aliphatic heterocycles. The van der Waals surface area contributed by atoms with Crippen molar-refractivity contribution in [2.24, 2.45) is 0 Å². The van der Waals surface area contributed by atoms with Gasteiger partial charge in [0, 0.05) is 23.7 Å². The van der Waals surface area contributed by atoms with Crippen LogP contribution in [0.4, 0.5) is 0 Å². The lowest BCUT2D eigenvalue weighted by molar-refractivity contribution is 0.0735. The topological polar surface area (TPSA) is 38.8 Å². The summed E-state index contributed by atoms with van der Waals surface area (Å²) in [5.41, 5.74) is 2.80. The lowest BCUT2D eigenvalue weighted by Gasteiger charge is -2.25. The number of amides is 1. The summed E-state index contributed by atoms with van der Waals surface area (Å²) in [7, 11) is 3.23. The number of nitrogens with zero attached hydrogens (tertiary/aromatic N) is 1. The van der Waals surface area contributed by atoms with Crippen LogP contribution in [-0.4, -0.2) is 37.6 Å². The van der Waals surface area contributed by atoms with Gasteiger partial charge in [0.1, 0.15) is 11.5 Å². The van der Waals surface area contributed by atoms with E-state index in [1.54, 1.807) is 14.2 Å². The number of benzene rings is 2. The highest BCUT2D eigenvalue weighted by Gasteiger charge is 2.30. The third kappa shape index (κ3) is 3.63. The van der Waals surface area contributed by atoms with Gasteiger partial charge in [-0.25, -0.2) is 0 Å². The Labute approximate surface area is 149 Å². The maximum Gasteiger partial charge on any atom is 0.254 e. The summed E-state index contributed by atoms with van der Waals surface area (Å²) in [6, 6.07) is 14.2. The smallest absolute Gasteiger partial charge is 0.254 e. The number of carbonyl (C=O) groups excluding carboxylic acids is 1. The van der Waals surface area contributed by atoms with Crippen molar-refractivity contribution in [2.75, 3.05) is 20.8 Å². The number of likely N-dealkylation sites (tertiary alicyclic amines) is 1. The highest BCUT2D eigenvalue weighted by atomic mass is 16.5. The van der Waals surface area contributed by atoms with Crippen LogP contribution in [0, 0.1) is 6.92 Å². The molecule has 0 bridgehead atoms. The molecule has 1 aliphatic rings. The molecule has 1 fully saturated rings. The second-order valence-corrected chi connectivity index (χ2v) is 6.49. The zero-order valence-corrected chi connectivity index (χ0v) is 15.1. The van der Waals surface area contributed by atoms with Crippen molar-refractivity contribution in [3.8, 4) is 11.5 Å². The summed E-state index contributed by atoms with van der Waals surface area (Å²) in [6.45, 7) is 2.73. The number of hydrogen-bond donors (Lipinski definition) is 0. The van der Waals surface area contributed by atoms with Gasteiger partial charge in [-0.2, -0.15) is 0 Å². The summed E-state index contributed by atoms with van der Waals surface area (Å²) < 4.78 is 10.8. The van der Waals surface area contributed by atoms with E-state index in [-0.39, 0.29) is 11.9 Å². The van der Waals surface area contributed by atoms with E-state index in [2.05, 4.69) is 12.1 Å². The Kier molecular flexibility index (Phi) is 5.27. The molecule has 25 heavy (non-hydrogen) atoms. The minimum Gasteiger partial charge on any atom is -0.496 e. The average Bonchev–Trinajstić information content (AvgIpc) is 3.10. The first-order valence-electron chi connectivity index (χ1n) is 8.71. The summed E-state index contributed by atoms with van der Waals surface area (Å²) in [4.78, 5) is 15.1. The van der Waals surface area contributed by atoms with E-state index in [1.165, 1.54) is 5.56 Å². The fourth-order valence-corrected chi connectivity index (χ4v) is 3.58. The summed E-state index contributed by atoms with van der Waals surface area (Å²) in [5.74, 6) is 1.41. The molecule has 4 nitrogen and oxygen atoms in total. The molecule has 0 saturated carbocycles. The maximum atomic E-state index is 13.1. The first-order chi connectivity index (χ1) is 12.1. The molecule has 0 N–H and O–H groups in total. The molecule has 0 aliphatic carbocycles. The summed E-state index contributed by atoms with van der Waals surface area (Å²) in [5, 5.41) is 0. The van der Waals surface area contributed by atoms with E-state index in [0.29, 0.717) is 17.1 Å². The van der Waals surface area contributed by atoms with Crippen LogP contribution in [0.1, 0.15) is 34.3 Å². The molecule has 1 atom stereocenters. The van der Waals surface area contributed by atoms with Gasteiger partial charge in [-0.15, -0.1) is 0 Å². The van der Waals surface area contributed by atoms with Crippen LogP contribution >= 0.6 is 0 Å². The van der Waals surface area contributed by atoms with E-state index in [4.69, 9.17) is 9.47 Å². The van der Waals surface area contributed by atoms with Gasteiger partial charge in [0.2, 0.25) is 0 Å². The zero-order chi connectivity index (χ0) is 17.8. The molecule has 2 aromatic carbocycles. The quantitative estimate of drug-likeness (QED) is 0.830. The van der Waals surface area contributed by atoms with E-state index in [0.717, 1.165) is 31.4 Å². The Balaban J connectivity index is 1.84. The van der Waals surface area contributed by atoms with Gasteiger partial charge in [-0.1, -0.05) is 30.3 Å². The van der Waals surface area contributed by atoms with Gasteiger partial charge in [0.25, 0.3) is 5.91 Å². The Morgan fingerprint density at radius 1 is 1.12 bits per heavy atom. The van der Waals surface area contributed by atoms with Crippen LogP contribution in [0.5, 0.6) is 11.5 Å². The Bertz CT molecular complexity index is 717. The van der Waals surface area contributed by atoms with Gasteiger partial charge in [0.05, 0.1) is 14.2 Å². The fraction of sp³-hybridized carbons (Fsp3) is 0.381. The van der Waals surface area contributed by atoms with E-state index in [1.807, 2.05) is 42.2 Å². The molecule has 132 valence electrons. The van der Waals surface area contributed by atoms with Gasteiger partial charge in [-0.05, 0) is 43.9 Å². The molecule has 1 amide bonds. The van der Waals surface area contributed by atoms with E-state index >= 15 is 0 Å². The fourth-order valence-electron chi connectivity index (χ4n) is 3.58. The predicted octanol–water partition coefficient (Wildman–Crippen LogP) is 3.86. The predicted molar refractivity (Wildman–Crippen MR) is 98.5 cm³/mol. The minimum atomic E-state index is 0.0510. The lowest BCUT2D eigenvalue weighted by Crippen LogP contribution is -2.36. The Morgan fingerprint density at radius 2 is 1.76 bits per heavy atom. The normalized spacial score (nSPS) is 16.8. The van der Waals surface area contributed by atoms with E-state index < -0.39 is 0 Å². The van der Waals surface area contributed by atoms with Crippen molar-refractivity contribution >= 4 is 5.91 Å². The number of ether oxygens (including phenoxy) is 2. The zero-order valence-electron chi connectivity index (χ0n) is 15.1. The van der Waals surface area contributed by atoms with Crippen LogP contribution in [0.25, 0.3) is 0 Å². The van der Waals surface area contributed by atoms with Crippen LogP contribution in [0.2, 0.25) is 0 Å². The third-order valence-electron chi connectivity index (χ3n) is 4.95. The first-order valence-corrected chi connectivity index (χ1v) is 8.71. The minimum absolute atomic E-state index is 0.0510. The molecule has 3 rings (SSSR count). The summed E-state index contributed by atoms with van der Waals surface area (Å²) >= 11 is 0. The maximum absolute atomic E-state index is 13.1. The molecule has 0 aromatic heterocycles. The van der Waals surface area contributed by atoms with Crippen LogP contribution in [-0.2, 0) is 6.42 Å². The van der Waals surface area contributed by atoms with Crippen LogP contribution < -0.4 is 9.47 Å². The monoisotopic (exact) mass is 339 g/mol. The number of carbonyl (C=O) groups is 1. The number of hydrogen-bond acceptors (Lipinski definition) is 3. The van der Waals surface area contributed by atoms with Crippen molar-refractivity contribution < 1.29 is 14.3 Å². The molecular weight excluding hydrogens is 314 g/mol. The van der Waals surface area contributed by atoms with Crippen molar-refractivity contribution in [1.29, 1.82) is 0 Å². The number of methoxy groups -OCH3 is 2. The van der Waals surface area contributed by atoms with Crippen molar-refractivity contribution in [3.63, 3.8) is 0 Å². The van der Waals surface area contributed by atoms with Crippen molar-refractivity contribution in [2.45, 2.75) is 32.2 Å². The molecule has 0 unspecified atom stereocenters. The lowest BCUT2D eigenvalue weighted by atomic mass is 10.0. The molecule has 1 saturated heterocycles. The molecule has 2 aromatic rings. The molecular formula is C21H25NO3. The molecule has 4 heteroatoms. The molecule has 0 radical (unpaired) electrons. The summed E-state index contributed by atoms with van der Waals surface area (Å²) in [6.07, 6.45) is 2.98. The third-order valence-corrected chi connectivity index (χ3v) is 4.95. The standard InChI is InChI=1S/C21H25NO3/c1-15-19(24-2)13-17(14-20(15)25-3)21(23)22-11-7-10-18(22)12-16-8-5-4-6-9-16/h4-6,8-9,13-14,18H,7,10-12H2,1-3H3/t18-/m0/s1. The second kappa shape index (κ2) is 7.60. The van der Waals surface area contributed by atoms with Gasteiger partial charge in [-0.3, -0.25) is 4.79 Å². The van der Waals surface area contributed by atoms with Crippen LogP contribution in [0.3, 0.4) is 0 Å². The van der Waals surface area contributed by atoms with Crippen molar-refractivity contribution in [3.05, 3.63) is 59.2 Å². The first kappa shape index (κ1) is 17.3. The highest BCUT2D eigenvalue weighted by Crippen LogP contribution is 2.31. The van der Waals surface area contributed by atoms with E-state index in [9.17, 15) is 4.79 Å². The average molecular weight is 339 g/mol. The Hall–Kier alpha value is -2.49. The second-order valence-electron chi connectivity index (χ2n) is 6.49. The molecule has 1 heterocycles. The SMILES string of the molecule is COc1cc(C(=O)N2CCC[C@H]2Cc2ccccc2)cc(OC)c1C. The number of rotatable bonds is 5. The molecule has 0 spiro atoms. The van der Waals surface area contributed by atoms with Gasteiger partial charge < -0.3 is 14.4 Å². The largest absolute Gasteiger partial charge is 0.496 e. The van der Waals surface area contributed by atoms with Crippen LogP contribution in [0.15, 0.2) is 42.5 Å². The highest BCUT2D eigenvalue weighted by molar-refractivity contribution is 5.95. The van der Waals surface area contributed by atoms with Gasteiger partial charge >= 0.3 is 0 Å². The Morgan fingerprint density at radius 3 is 2.36 bits per heavy atom.